The highest BCUT2D eigenvalue weighted by Crippen LogP contribution is 2.54. The van der Waals surface area contributed by atoms with E-state index in [0.717, 1.165) is 38.1 Å². The van der Waals surface area contributed by atoms with Crippen molar-refractivity contribution in [1.82, 2.24) is 9.80 Å². The molecule has 290 valence electrons. The summed E-state index contributed by atoms with van der Waals surface area (Å²) in [6, 6.07) is 29.0. The van der Waals surface area contributed by atoms with Gasteiger partial charge in [-0.3, -0.25) is 9.69 Å². The standard InChI is InChI=1S/C44H42Cl2N2O8/c1-52-36-26-32(27-37(53-2)41(36)54-3)42(51)48-25-21-43(33-14-15-34(45)35(46)28-33,44(48)55-38(49)16-17-39(50)56-44)20-24-47-22-18-31(19-23-47)40(29-10-6-4-7-11-29)30-12-8-5-9-13-30/h4-17,26-28H,18-25H2,1-3H3. The lowest BCUT2D eigenvalue weighted by Crippen LogP contribution is -2.63. The van der Waals surface area contributed by atoms with E-state index in [9.17, 15) is 14.4 Å². The number of hydrogen-bond donors (Lipinski definition) is 0. The summed E-state index contributed by atoms with van der Waals surface area (Å²) in [5.74, 6) is -3.69. The van der Waals surface area contributed by atoms with Crippen LogP contribution in [0.1, 0.15) is 52.7 Å². The lowest BCUT2D eigenvalue weighted by Gasteiger charge is -2.46. The summed E-state index contributed by atoms with van der Waals surface area (Å²) < 4.78 is 29.0. The molecule has 0 bridgehead atoms. The summed E-state index contributed by atoms with van der Waals surface area (Å²) in [4.78, 5) is 45.4. The molecule has 10 nitrogen and oxygen atoms in total. The van der Waals surface area contributed by atoms with Gasteiger partial charge in [0, 0.05) is 37.3 Å². The van der Waals surface area contributed by atoms with Crippen LogP contribution in [0.3, 0.4) is 0 Å². The number of nitrogens with zero attached hydrogens (tertiary/aromatic N) is 2. The van der Waals surface area contributed by atoms with E-state index in [4.69, 9.17) is 46.9 Å². The third kappa shape index (κ3) is 7.24. The van der Waals surface area contributed by atoms with Crippen LogP contribution in [0, 0.1) is 0 Å². The molecule has 1 atom stereocenters. The summed E-state index contributed by atoms with van der Waals surface area (Å²) in [7, 11) is 4.36. The van der Waals surface area contributed by atoms with Crippen LogP contribution in [0.15, 0.2) is 109 Å². The van der Waals surface area contributed by atoms with Crippen LogP contribution in [0.2, 0.25) is 10.0 Å². The molecular weight excluding hydrogens is 755 g/mol. The minimum absolute atomic E-state index is 0.0562. The van der Waals surface area contributed by atoms with Gasteiger partial charge in [-0.15, -0.1) is 0 Å². The number of methoxy groups -OCH3 is 3. The average molecular weight is 798 g/mol. The molecule has 0 N–H and O–H groups in total. The number of ether oxygens (including phenoxy) is 5. The van der Waals surface area contributed by atoms with Crippen LogP contribution < -0.4 is 14.2 Å². The van der Waals surface area contributed by atoms with Gasteiger partial charge in [-0.25, -0.2) is 9.59 Å². The zero-order valence-electron chi connectivity index (χ0n) is 31.4. The molecule has 12 heteroatoms. The Morgan fingerprint density at radius 1 is 0.714 bits per heavy atom. The van der Waals surface area contributed by atoms with E-state index in [1.54, 1.807) is 18.2 Å². The molecule has 4 aromatic carbocycles. The maximum absolute atomic E-state index is 14.8. The van der Waals surface area contributed by atoms with Crippen molar-refractivity contribution in [3.8, 4) is 17.2 Å². The molecule has 3 aliphatic heterocycles. The number of carbonyl (C=O) groups excluding carboxylic acids is 3. The van der Waals surface area contributed by atoms with Gasteiger partial charge in [-0.2, -0.15) is 0 Å². The quantitative estimate of drug-likeness (QED) is 0.147. The molecule has 2 fully saturated rings. The minimum Gasteiger partial charge on any atom is -0.493 e. The lowest BCUT2D eigenvalue weighted by molar-refractivity contribution is -0.283. The van der Waals surface area contributed by atoms with E-state index in [1.807, 2.05) is 12.1 Å². The normalized spacial score (nSPS) is 19.3. The molecule has 1 spiro atoms. The van der Waals surface area contributed by atoms with Crippen molar-refractivity contribution in [2.75, 3.05) is 47.5 Å². The largest absolute Gasteiger partial charge is 0.493 e. The summed E-state index contributed by atoms with van der Waals surface area (Å²) in [6.07, 6.45) is 4.27. The number of piperidine rings is 1. The number of benzene rings is 4. The van der Waals surface area contributed by atoms with Crippen molar-refractivity contribution in [3.63, 3.8) is 0 Å². The molecule has 3 heterocycles. The Hall–Kier alpha value is -5.29. The number of hydrogen-bond acceptors (Lipinski definition) is 9. The van der Waals surface area contributed by atoms with Crippen LogP contribution in [0.25, 0.3) is 5.57 Å². The highest BCUT2D eigenvalue weighted by Gasteiger charge is 2.68. The Morgan fingerprint density at radius 2 is 1.29 bits per heavy atom. The predicted octanol–water partition coefficient (Wildman–Crippen LogP) is 8.10. The Bertz CT molecular complexity index is 2100. The van der Waals surface area contributed by atoms with Crippen molar-refractivity contribution in [2.45, 2.75) is 37.0 Å². The molecule has 7 rings (SSSR count). The van der Waals surface area contributed by atoms with Gasteiger partial charge in [-0.1, -0.05) is 95.5 Å². The molecule has 1 amide bonds. The molecule has 2 saturated heterocycles. The number of esters is 2. The summed E-state index contributed by atoms with van der Waals surface area (Å²) in [6.45, 7) is 2.10. The fraction of sp³-hybridized carbons (Fsp3) is 0.295. The molecular formula is C44H42Cl2N2O8. The zero-order chi connectivity index (χ0) is 39.5. The number of amides is 1. The van der Waals surface area contributed by atoms with Gasteiger partial charge in [0.1, 0.15) is 0 Å². The van der Waals surface area contributed by atoms with Crippen molar-refractivity contribution < 1.29 is 38.1 Å². The van der Waals surface area contributed by atoms with Crippen molar-refractivity contribution in [2.24, 2.45) is 0 Å². The van der Waals surface area contributed by atoms with Gasteiger partial charge in [0.05, 0.1) is 36.8 Å². The highest BCUT2D eigenvalue weighted by molar-refractivity contribution is 6.42. The Balaban J connectivity index is 1.27. The van der Waals surface area contributed by atoms with Gasteiger partial charge in [-0.05, 0) is 78.8 Å². The van der Waals surface area contributed by atoms with Gasteiger partial charge in [0.25, 0.3) is 5.91 Å². The van der Waals surface area contributed by atoms with E-state index in [-0.39, 0.29) is 35.1 Å². The number of halogens is 2. The number of rotatable bonds is 10. The van der Waals surface area contributed by atoms with E-state index in [0.29, 0.717) is 29.3 Å². The minimum atomic E-state index is -2.21. The predicted molar refractivity (Wildman–Crippen MR) is 213 cm³/mol. The average Bonchev–Trinajstić information content (AvgIpc) is 3.43. The van der Waals surface area contributed by atoms with E-state index in [1.165, 1.54) is 60.6 Å². The SMILES string of the molecule is COc1cc(C(=O)N2CCC(CCN3CCC(=C(c4ccccc4)c4ccccc4)CC3)(c3ccc(Cl)c(Cl)c3)C23OC(=O)C=CC(=O)O3)cc(OC)c1OC. The van der Waals surface area contributed by atoms with E-state index in [2.05, 4.69) is 53.4 Å². The lowest BCUT2D eigenvalue weighted by atomic mass is 9.73. The molecule has 1 unspecified atom stereocenters. The van der Waals surface area contributed by atoms with E-state index >= 15 is 0 Å². The first-order chi connectivity index (χ1) is 27.1. The van der Waals surface area contributed by atoms with Crippen molar-refractivity contribution >= 4 is 46.6 Å². The summed E-state index contributed by atoms with van der Waals surface area (Å²) in [5, 5.41) is 0.585. The monoisotopic (exact) mass is 796 g/mol. The first-order valence-electron chi connectivity index (χ1n) is 18.4. The second kappa shape index (κ2) is 16.4. The Kier molecular flexibility index (Phi) is 11.4. The third-order valence-corrected chi connectivity index (χ3v) is 11.7. The fourth-order valence-electron chi connectivity index (χ4n) is 8.24. The van der Waals surface area contributed by atoms with Crippen LogP contribution in [0.4, 0.5) is 0 Å². The van der Waals surface area contributed by atoms with Crippen LogP contribution in [-0.2, 0) is 24.5 Å². The number of likely N-dealkylation sites (tertiary alicyclic amines) is 2. The fourth-order valence-corrected chi connectivity index (χ4v) is 8.54. The maximum atomic E-state index is 14.8. The van der Waals surface area contributed by atoms with Crippen molar-refractivity contribution in [3.05, 3.63) is 141 Å². The highest BCUT2D eigenvalue weighted by atomic mass is 35.5. The Labute approximate surface area is 336 Å². The summed E-state index contributed by atoms with van der Waals surface area (Å²) >= 11 is 13.1. The molecule has 0 aliphatic carbocycles. The maximum Gasteiger partial charge on any atom is 0.355 e. The molecule has 56 heavy (non-hydrogen) atoms. The number of carbonyl (C=O) groups is 3. The van der Waals surface area contributed by atoms with Crippen LogP contribution in [-0.4, -0.2) is 81.1 Å². The van der Waals surface area contributed by atoms with Crippen LogP contribution >= 0.6 is 23.2 Å². The van der Waals surface area contributed by atoms with Gasteiger partial charge in [0.2, 0.25) is 5.75 Å². The first kappa shape index (κ1) is 39.0. The molecule has 0 saturated carbocycles. The zero-order valence-corrected chi connectivity index (χ0v) is 32.9. The van der Waals surface area contributed by atoms with Crippen molar-refractivity contribution in [1.29, 1.82) is 0 Å². The van der Waals surface area contributed by atoms with Crippen LogP contribution in [0.5, 0.6) is 17.2 Å². The molecule has 4 aromatic rings. The molecule has 3 aliphatic rings. The smallest absolute Gasteiger partial charge is 0.355 e. The third-order valence-electron chi connectivity index (χ3n) is 11.0. The molecule has 0 aromatic heterocycles. The molecule has 0 radical (unpaired) electrons. The summed E-state index contributed by atoms with van der Waals surface area (Å²) in [5.41, 5.74) is 4.43. The van der Waals surface area contributed by atoms with Gasteiger partial charge >= 0.3 is 17.8 Å². The van der Waals surface area contributed by atoms with Gasteiger partial charge in [0.15, 0.2) is 11.5 Å². The van der Waals surface area contributed by atoms with E-state index < -0.39 is 29.2 Å². The Morgan fingerprint density at radius 3 is 1.80 bits per heavy atom. The van der Waals surface area contributed by atoms with Gasteiger partial charge < -0.3 is 28.6 Å². The topological polar surface area (TPSA) is 104 Å². The first-order valence-corrected chi connectivity index (χ1v) is 19.2. The second-order valence-corrected chi connectivity index (χ2v) is 14.7. The second-order valence-electron chi connectivity index (χ2n) is 13.9.